The molecule has 3 heteroatoms. The summed E-state index contributed by atoms with van der Waals surface area (Å²) in [4.78, 5) is 0. The first-order valence-electron chi connectivity index (χ1n) is 8.20. The molecule has 3 N–H and O–H groups in total. The molecular formula is C22H26O3. The van der Waals surface area contributed by atoms with Gasteiger partial charge in [-0.1, -0.05) is 55.0 Å². The van der Waals surface area contributed by atoms with E-state index in [0.29, 0.717) is 17.2 Å². The molecule has 0 spiro atoms. The van der Waals surface area contributed by atoms with Gasteiger partial charge in [0.25, 0.3) is 0 Å². The van der Waals surface area contributed by atoms with Crippen LogP contribution in [0.2, 0.25) is 0 Å². The molecule has 0 bridgehead atoms. The van der Waals surface area contributed by atoms with Gasteiger partial charge in [-0.25, -0.2) is 0 Å². The van der Waals surface area contributed by atoms with Gasteiger partial charge in [-0.15, -0.1) is 0 Å². The van der Waals surface area contributed by atoms with Crippen LogP contribution in [-0.2, 0) is 6.42 Å². The molecule has 3 nitrogen and oxygen atoms in total. The second-order valence-corrected chi connectivity index (χ2v) is 5.66. The van der Waals surface area contributed by atoms with Crippen molar-refractivity contribution in [2.75, 3.05) is 0 Å². The van der Waals surface area contributed by atoms with Crippen LogP contribution in [0.15, 0.2) is 72.8 Å². The fourth-order valence-corrected chi connectivity index (χ4v) is 1.98. The van der Waals surface area contributed by atoms with Crippen molar-refractivity contribution in [3.8, 4) is 17.2 Å². The van der Waals surface area contributed by atoms with Crippen molar-refractivity contribution in [1.82, 2.24) is 0 Å². The Bertz CT molecular complexity index is 711. The molecule has 3 aromatic rings. The summed E-state index contributed by atoms with van der Waals surface area (Å²) < 4.78 is 0. The predicted molar refractivity (Wildman–Crippen MR) is 103 cm³/mol. The number of benzene rings is 3. The Balaban J connectivity index is 0.000000188. The van der Waals surface area contributed by atoms with E-state index < -0.39 is 0 Å². The lowest BCUT2D eigenvalue weighted by Gasteiger charge is -1.97. The molecule has 0 amide bonds. The molecule has 25 heavy (non-hydrogen) atoms. The Morgan fingerprint density at radius 3 is 1.68 bits per heavy atom. The van der Waals surface area contributed by atoms with E-state index in [1.807, 2.05) is 63.2 Å². The minimum absolute atomic E-state index is 0.329. The maximum Gasteiger partial charge on any atom is 0.118 e. The number of hydrogen-bond acceptors (Lipinski definition) is 3. The third-order valence-corrected chi connectivity index (χ3v) is 3.41. The molecule has 0 aromatic heterocycles. The van der Waals surface area contributed by atoms with E-state index >= 15 is 0 Å². The molecule has 0 aliphatic heterocycles. The third-order valence-electron chi connectivity index (χ3n) is 3.41. The number of aromatic hydroxyl groups is 3. The largest absolute Gasteiger partial charge is 0.508 e. The van der Waals surface area contributed by atoms with Crippen LogP contribution < -0.4 is 0 Å². The second kappa shape index (κ2) is 10.8. The molecule has 0 unspecified atom stereocenters. The van der Waals surface area contributed by atoms with Gasteiger partial charge in [0, 0.05) is 0 Å². The summed E-state index contributed by atoms with van der Waals surface area (Å²) in [5.74, 6) is 1.07. The summed E-state index contributed by atoms with van der Waals surface area (Å²) in [5.41, 5.74) is 3.27. The fourth-order valence-electron chi connectivity index (χ4n) is 1.98. The zero-order chi connectivity index (χ0) is 18.7. The molecule has 3 aromatic carbocycles. The van der Waals surface area contributed by atoms with Gasteiger partial charge < -0.3 is 15.3 Å². The smallest absolute Gasteiger partial charge is 0.118 e. The topological polar surface area (TPSA) is 60.7 Å². The van der Waals surface area contributed by atoms with E-state index in [0.717, 1.165) is 17.5 Å². The van der Waals surface area contributed by atoms with Crippen molar-refractivity contribution >= 4 is 0 Å². The molecule has 0 saturated heterocycles. The van der Waals surface area contributed by atoms with Crippen molar-refractivity contribution in [3.63, 3.8) is 0 Å². The highest BCUT2D eigenvalue weighted by Crippen LogP contribution is 2.15. The summed E-state index contributed by atoms with van der Waals surface area (Å²) in [6, 6.07) is 21.6. The Morgan fingerprint density at radius 2 is 1.28 bits per heavy atom. The molecular weight excluding hydrogens is 312 g/mol. The predicted octanol–water partition coefficient (Wildman–Crippen LogP) is 5.36. The zero-order valence-corrected chi connectivity index (χ0v) is 15.0. The van der Waals surface area contributed by atoms with Crippen molar-refractivity contribution in [2.24, 2.45) is 0 Å². The molecule has 0 aliphatic rings. The van der Waals surface area contributed by atoms with Crippen LogP contribution in [0.5, 0.6) is 17.2 Å². The minimum Gasteiger partial charge on any atom is -0.508 e. The second-order valence-electron chi connectivity index (χ2n) is 5.66. The van der Waals surface area contributed by atoms with Gasteiger partial charge in [0.2, 0.25) is 0 Å². The van der Waals surface area contributed by atoms with Crippen molar-refractivity contribution in [1.29, 1.82) is 0 Å². The number of phenols is 3. The van der Waals surface area contributed by atoms with Crippen LogP contribution >= 0.6 is 0 Å². The molecule has 0 aliphatic carbocycles. The molecule has 3 rings (SSSR count). The minimum atomic E-state index is 0.329. The molecule has 0 saturated carbocycles. The molecule has 0 fully saturated rings. The highest BCUT2D eigenvalue weighted by atomic mass is 16.3. The van der Waals surface area contributed by atoms with Crippen LogP contribution in [0, 0.1) is 13.8 Å². The Morgan fingerprint density at radius 1 is 0.640 bits per heavy atom. The van der Waals surface area contributed by atoms with Crippen LogP contribution in [0.4, 0.5) is 0 Å². The zero-order valence-electron chi connectivity index (χ0n) is 15.0. The summed E-state index contributed by atoms with van der Waals surface area (Å²) >= 11 is 0. The first kappa shape index (κ1) is 20.1. The fraction of sp³-hybridized carbons (Fsp3) is 0.182. The Labute approximate surface area is 149 Å². The third kappa shape index (κ3) is 8.47. The van der Waals surface area contributed by atoms with Crippen LogP contribution in [-0.4, -0.2) is 15.3 Å². The van der Waals surface area contributed by atoms with Gasteiger partial charge in [-0.05, 0) is 61.7 Å². The van der Waals surface area contributed by atoms with Gasteiger partial charge in [0.1, 0.15) is 17.2 Å². The maximum atomic E-state index is 9.11. The van der Waals surface area contributed by atoms with E-state index in [1.54, 1.807) is 30.3 Å². The quantitative estimate of drug-likeness (QED) is 0.560. The average Bonchev–Trinajstić information content (AvgIpc) is 2.59. The van der Waals surface area contributed by atoms with E-state index in [2.05, 4.69) is 0 Å². The van der Waals surface area contributed by atoms with Gasteiger partial charge >= 0.3 is 0 Å². The highest BCUT2D eigenvalue weighted by Gasteiger charge is 1.92. The summed E-state index contributed by atoms with van der Waals surface area (Å²) in [6.07, 6.45) is 0.896. The number of para-hydroxylation sites is 1. The van der Waals surface area contributed by atoms with Gasteiger partial charge in [-0.2, -0.15) is 0 Å². The lowest BCUT2D eigenvalue weighted by atomic mass is 10.1. The lowest BCUT2D eigenvalue weighted by molar-refractivity contribution is 0.469. The first-order chi connectivity index (χ1) is 11.9. The Kier molecular flexibility index (Phi) is 8.66. The monoisotopic (exact) mass is 338 g/mol. The van der Waals surface area contributed by atoms with Gasteiger partial charge in [-0.3, -0.25) is 0 Å². The normalized spacial score (nSPS) is 9.24. The van der Waals surface area contributed by atoms with Crippen molar-refractivity contribution in [2.45, 2.75) is 27.2 Å². The van der Waals surface area contributed by atoms with Crippen LogP contribution in [0.3, 0.4) is 0 Å². The van der Waals surface area contributed by atoms with Crippen LogP contribution in [0.1, 0.15) is 23.6 Å². The van der Waals surface area contributed by atoms with E-state index in [1.165, 1.54) is 5.56 Å². The van der Waals surface area contributed by atoms with Crippen LogP contribution in [0.25, 0.3) is 0 Å². The van der Waals surface area contributed by atoms with E-state index in [-0.39, 0.29) is 0 Å². The maximum absolute atomic E-state index is 9.11. The molecule has 0 atom stereocenters. The van der Waals surface area contributed by atoms with Gasteiger partial charge in [0.05, 0.1) is 0 Å². The molecule has 132 valence electrons. The van der Waals surface area contributed by atoms with Gasteiger partial charge in [0.15, 0.2) is 0 Å². The highest BCUT2D eigenvalue weighted by molar-refractivity contribution is 5.31. The Hall–Kier alpha value is -2.94. The molecule has 0 radical (unpaired) electrons. The SMILES string of the molecule is CCc1ccccc1O.Cc1ccc(O)cc1.Cc1cccc(O)c1. The first-order valence-corrected chi connectivity index (χ1v) is 8.20. The number of rotatable bonds is 1. The number of hydrogen-bond donors (Lipinski definition) is 3. The standard InChI is InChI=1S/C8H10O.2C7H8O/c1-2-7-5-3-4-6-8(7)9;1-6-2-4-7(8)5-3-6;1-6-3-2-4-7(8)5-6/h3-6,9H,2H2,1H3;2*2-5,8H,1H3. The summed E-state index contributed by atoms with van der Waals surface area (Å²) in [5, 5.41) is 26.7. The van der Waals surface area contributed by atoms with Crippen molar-refractivity contribution < 1.29 is 15.3 Å². The number of aryl methyl sites for hydroxylation is 3. The number of phenolic OH excluding ortho intramolecular Hbond substituents is 3. The summed E-state index contributed by atoms with van der Waals surface area (Å²) in [7, 11) is 0. The summed E-state index contributed by atoms with van der Waals surface area (Å²) in [6.45, 7) is 5.95. The molecule has 0 heterocycles. The van der Waals surface area contributed by atoms with E-state index in [4.69, 9.17) is 15.3 Å². The average molecular weight is 338 g/mol. The van der Waals surface area contributed by atoms with Crippen molar-refractivity contribution in [3.05, 3.63) is 89.5 Å². The van der Waals surface area contributed by atoms with E-state index in [9.17, 15) is 0 Å². The lowest BCUT2D eigenvalue weighted by Crippen LogP contribution is -1.77.